The third kappa shape index (κ3) is 12.0. The van der Waals surface area contributed by atoms with Gasteiger partial charge >= 0.3 is 0 Å². The van der Waals surface area contributed by atoms with E-state index in [4.69, 9.17) is 21.8 Å². The molecule has 0 aromatic rings. The molecule has 3 atom stereocenters. The average Bonchev–Trinajstić information content (AvgIpc) is 3.10. The maximum absolute atomic E-state index is 6.54. The highest BCUT2D eigenvalue weighted by Gasteiger charge is 2.30. The van der Waals surface area contributed by atoms with Gasteiger partial charge in [-0.05, 0) is 51.5 Å². The van der Waals surface area contributed by atoms with Crippen molar-refractivity contribution in [1.82, 2.24) is 0 Å². The minimum atomic E-state index is -1.63. The molecule has 0 aromatic carbocycles. The summed E-state index contributed by atoms with van der Waals surface area (Å²) in [5.41, 5.74) is 2.01. The van der Waals surface area contributed by atoms with E-state index in [0.29, 0.717) is 6.10 Å². The molecule has 1 aliphatic heterocycles. The fourth-order valence-electron chi connectivity index (χ4n) is 2.66. The van der Waals surface area contributed by atoms with Crippen LogP contribution in [-0.4, -0.2) is 79.7 Å². The van der Waals surface area contributed by atoms with Crippen LogP contribution in [-0.2, 0) is 21.8 Å². The lowest BCUT2D eigenvalue weighted by molar-refractivity contribution is 0.0174. The van der Waals surface area contributed by atoms with Crippen LogP contribution in [0.15, 0.2) is 12.3 Å². The molecule has 3 unspecified atom stereocenters. The van der Waals surface area contributed by atoms with Crippen molar-refractivity contribution in [3.63, 3.8) is 0 Å². The van der Waals surface area contributed by atoms with E-state index in [2.05, 4.69) is 32.8 Å². The molecule has 0 bridgehead atoms. The summed E-state index contributed by atoms with van der Waals surface area (Å²) in [5, 5.41) is 0. The molecular weight excluding hydrogens is 417 g/mol. The molecule has 1 fully saturated rings. The second kappa shape index (κ2) is 13.9. The first-order valence-electron chi connectivity index (χ1n) is 9.64. The highest BCUT2D eigenvalue weighted by molar-refractivity contribution is 7.22. The lowest BCUT2D eigenvalue weighted by Crippen LogP contribution is -2.47. The molecule has 0 aliphatic carbocycles. The third-order valence-corrected chi connectivity index (χ3v) is 27.8. The smallest absolute Gasteiger partial charge is 0.186 e. The van der Waals surface area contributed by atoms with Gasteiger partial charge in [-0.15, -0.1) is 6.58 Å². The highest BCUT2D eigenvalue weighted by Crippen LogP contribution is 2.15. The monoisotopic (exact) mass is 454 g/mol. The molecule has 0 amide bonds. The van der Waals surface area contributed by atoms with Gasteiger partial charge in [0.05, 0.1) is 12.7 Å². The second-order valence-corrected chi connectivity index (χ2v) is 27.4. The molecule has 0 aromatic heterocycles. The molecule has 1 heterocycles. The summed E-state index contributed by atoms with van der Waals surface area (Å²) in [6, 6.07) is 1.18. The van der Waals surface area contributed by atoms with Crippen LogP contribution in [0.2, 0.25) is 32.2 Å². The molecule has 148 valence electrons. The molecule has 1 saturated heterocycles. The van der Waals surface area contributed by atoms with Gasteiger partial charge in [0.2, 0.25) is 0 Å². The van der Waals surface area contributed by atoms with Crippen LogP contribution in [0.1, 0.15) is 19.3 Å². The molecule has 11 heteroatoms. The molecule has 1 rings (SSSR count). The molecule has 0 radical (unpaired) electrons. The largest absolute Gasteiger partial charge is 0.463 e. The van der Waals surface area contributed by atoms with E-state index in [-0.39, 0.29) is 0 Å². The predicted molar refractivity (Wildman–Crippen MR) is 122 cm³/mol. The van der Waals surface area contributed by atoms with Gasteiger partial charge in [-0.3, -0.25) is 0 Å². The number of hydrogen-bond acceptors (Lipinski definition) is 5. The maximum Gasteiger partial charge on any atom is 0.186 e. The number of ether oxygens (including phenoxy) is 2. The normalized spacial score (nSPS) is 22.8. The fraction of sp³-hybridized carbons (Fsp3) is 0.857. The van der Waals surface area contributed by atoms with Crippen LogP contribution in [0.4, 0.5) is 0 Å². The molecule has 0 spiro atoms. The van der Waals surface area contributed by atoms with Crippen molar-refractivity contribution in [3.8, 4) is 0 Å². The zero-order valence-corrected chi connectivity index (χ0v) is 24.2. The van der Waals surface area contributed by atoms with Crippen molar-refractivity contribution in [2.45, 2.75) is 57.6 Å². The lowest BCUT2D eigenvalue weighted by atomic mass is 10.2. The van der Waals surface area contributed by atoms with Gasteiger partial charge in [0.25, 0.3) is 0 Å². The zero-order chi connectivity index (χ0) is 18.5. The van der Waals surface area contributed by atoms with Crippen LogP contribution in [0.5, 0.6) is 0 Å². The Labute approximate surface area is 165 Å². The number of rotatable bonds is 15. The Hall–Kier alpha value is 0.841. The Morgan fingerprint density at radius 2 is 2.08 bits per heavy atom. The SMILES string of the molecule is C=C[SiH](C)O[SiH2][SiH2]O[Si](C)(CCCOCC1CCCO1)[SiH2]O[SiH](C)C. The second-order valence-electron chi connectivity index (χ2n) is 7.28. The Kier molecular flexibility index (Phi) is 13.3. The van der Waals surface area contributed by atoms with Gasteiger partial charge in [-0.25, -0.2) is 0 Å². The maximum atomic E-state index is 6.54. The van der Waals surface area contributed by atoms with E-state index in [1.807, 2.05) is 5.70 Å². The van der Waals surface area contributed by atoms with Crippen LogP contribution in [0.25, 0.3) is 0 Å². The van der Waals surface area contributed by atoms with Crippen LogP contribution >= 0.6 is 0 Å². The first-order chi connectivity index (χ1) is 11.9. The van der Waals surface area contributed by atoms with Gasteiger partial charge in [0.15, 0.2) is 53.8 Å². The van der Waals surface area contributed by atoms with Crippen LogP contribution in [0, 0.1) is 0 Å². The van der Waals surface area contributed by atoms with Crippen molar-refractivity contribution in [2.24, 2.45) is 0 Å². The van der Waals surface area contributed by atoms with E-state index in [9.17, 15) is 0 Å². The molecule has 25 heavy (non-hydrogen) atoms. The van der Waals surface area contributed by atoms with E-state index >= 15 is 0 Å². The summed E-state index contributed by atoms with van der Waals surface area (Å²) in [4.78, 5) is 0. The summed E-state index contributed by atoms with van der Waals surface area (Å²) in [6.07, 6.45) is 3.76. The molecule has 5 nitrogen and oxygen atoms in total. The topological polar surface area (TPSA) is 46.2 Å². The average molecular weight is 455 g/mol. The summed E-state index contributed by atoms with van der Waals surface area (Å²) >= 11 is 0. The Balaban J connectivity index is 2.24. The quantitative estimate of drug-likeness (QED) is 0.256. The van der Waals surface area contributed by atoms with Crippen molar-refractivity contribution in [3.05, 3.63) is 12.3 Å². The predicted octanol–water partition coefficient (Wildman–Crippen LogP) is -0.0775. The highest BCUT2D eigenvalue weighted by atomic mass is 29.2. The Morgan fingerprint density at radius 1 is 1.28 bits per heavy atom. The third-order valence-electron chi connectivity index (χ3n) is 4.29. The van der Waals surface area contributed by atoms with E-state index in [1.165, 1.54) is 12.5 Å². The van der Waals surface area contributed by atoms with Crippen molar-refractivity contribution in [2.75, 3.05) is 19.8 Å². The number of hydrogen-bond donors (Lipinski definition) is 0. The van der Waals surface area contributed by atoms with Gasteiger partial charge in [-0.2, -0.15) is 0 Å². The van der Waals surface area contributed by atoms with Gasteiger partial charge in [0, 0.05) is 13.2 Å². The first kappa shape index (κ1) is 23.9. The van der Waals surface area contributed by atoms with E-state index in [1.54, 1.807) is 0 Å². The Morgan fingerprint density at radius 3 is 2.72 bits per heavy atom. The first-order valence-corrected chi connectivity index (χ1v) is 25.4. The van der Waals surface area contributed by atoms with Crippen LogP contribution in [0.3, 0.4) is 0 Å². The van der Waals surface area contributed by atoms with Crippen molar-refractivity contribution >= 4 is 53.8 Å². The van der Waals surface area contributed by atoms with Crippen LogP contribution < -0.4 is 0 Å². The summed E-state index contributed by atoms with van der Waals surface area (Å²) in [7, 11) is -5.09. The van der Waals surface area contributed by atoms with Gasteiger partial charge in [-0.1, -0.05) is 5.70 Å². The zero-order valence-electron chi connectivity index (χ0n) is 16.6. The summed E-state index contributed by atoms with van der Waals surface area (Å²) < 4.78 is 30.1. The van der Waals surface area contributed by atoms with Crippen molar-refractivity contribution < 1.29 is 21.8 Å². The Bertz CT molecular complexity index is 359. The lowest BCUT2D eigenvalue weighted by Gasteiger charge is -2.28. The fourth-order valence-corrected chi connectivity index (χ4v) is 33.5. The minimum Gasteiger partial charge on any atom is -0.463 e. The van der Waals surface area contributed by atoms with E-state index in [0.717, 1.165) is 32.7 Å². The minimum absolute atomic E-state index is 0.330. The molecule has 0 N–H and O–H groups in total. The van der Waals surface area contributed by atoms with Gasteiger partial charge in [0.1, 0.15) is 0 Å². The van der Waals surface area contributed by atoms with Gasteiger partial charge < -0.3 is 21.8 Å². The molecule has 0 saturated carbocycles. The van der Waals surface area contributed by atoms with E-state index < -0.39 is 53.8 Å². The molecular formula is C14H38O5Si6. The molecule has 1 aliphatic rings. The summed E-state index contributed by atoms with van der Waals surface area (Å²) in [5.74, 6) is 0. The standard InChI is InChI=1S/C14H38O5Si6/c1-6-24(4)17-20-21-19-25(5,22-18-23(2)3)12-8-10-15-13-14-9-7-11-16-14/h6,14,23-24H,1,7-13,20-22H2,2-5H3. The summed E-state index contributed by atoms with van der Waals surface area (Å²) in [6.45, 7) is 15.4. The van der Waals surface area contributed by atoms with Crippen molar-refractivity contribution in [1.29, 1.82) is 0 Å².